The molecule has 0 bridgehead atoms. The number of pyridine rings is 1. The number of sulfone groups is 1. The van der Waals surface area contributed by atoms with Gasteiger partial charge >= 0.3 is 0 Å². The molecule has 0 aliphatic carbocycles. The van der Waals surface area contributed by atoms with Gasteiger partial charge in [-0.25, -0.2) is 13.4 Å². The summed E-state index contributed by atoms with van der Waals surface area (Å²) in [4.78, 5) is 4.54. The van der Waals surface area contributed by atoms with E-state index in [4.69, 9.17) is 5.73 Å². The zero-order chi connectivity index (χ0) is 13.5. The van der Waals surface area contributed by atoms with Crippen LogP contribution in [0.25, 0.3) is 5.65 Å². The van der Waals surface area contributed by atoms with Crippen molar-refractivity contribution in [3.05, 3.63) is 30.2 Å². The zero-order valence-electron chi connectivity index (χ0n) is 10.6. The third kappa shape index (κ3) is 2.73. The minimum Gasteiger partial charge on any atom is -0.398 e. The molecule has 0 amide bonds. The lowest BCUT2D eigenvalue weighted by molar-refractivity contribution is 0.459. The van der Waals surface area contributed by atoms with Gasteiger partial charge in [-0.05, 0) is 37.3 Å². The molecule has 0 spiro atoms. The minimum absolute atomic E-state index is 0.317. The number of imidazole rings is 1. The van der Waals surface area contributed by atoms with Crippen LogP contribution in [-0.4, -0.2) is 29.3 Å². The fraction of sp³-hybridized carbons (Fsp3) is 0.462. The van der Waals surface area contributed by atoms with Crippen molar-refractivity contribution in [3.63, 3.8) is 0 Å². The van der Waals surface area contributed by atoms with Gasteiger partial charge in [0, 0.05) is 18.1 Å². The molecule has 0 aromatic carbocycles. The normalized spacial score (nSPS) is 19.8. The van der Waals surface area contributed by atoms with Crippen molar-refractivity contribution in [2.75, 3.05) is 17.2 Å². The molecule has 1 aliphatic heterocycles. The van der Waals surface area contributed by atoms with E-state index in [1.54, 1.807) is 0 Å². The number of fused-ring (bicyclic) bond motifs is 1. The molecule has 5 nitrogen and oxygen atoms in total. The summed E-state index contributed by atoms with van der Waals surface area (Å²) in [5, 5.41) is 0. The van der Waals surface area contributed by atoms with E-state index >= 15 is 0 Å². The molecule has 19 heavy (non-hydrogen) atoms. The minimum atomic E-state index is -2.78. The Bertz CT molecular complexity index is 692. The first-order chi connectivity index (χ1) is 9.02. The number of anilines is 1. The summed E-state index contributed by atoms with van der Waals surface area (Å²) in [5.41, 5.74) is 8.33. The zero-order valence-corrected chi connectivity index (χ0v) is 11.4. The molecule has 1 fully saturated rings. The highest BCUT2D eigenvalue weighted by Gasteiger charge is 2.24. The smallest absolute Gasteiger partial charge is 0.150 e. The predicted molar refractivity (Wildman–Crippen MR) is 74.7 cm³/mol. The predicted octanol–water partition coefficient (Wildman–Crippen LogP) is 1.28. The van der Waals surface area contributed by atoms with E-state index in [2.05, 4.69) is 4.98 Å². The third-order valence-electron chi connectivity index (χ3n) is 3.70. The summed E-state index contributed by atoms with van der Waals surface area (Å²) in [7, 11) is -2.78. The molecule has 2 aromatic rings. The van der Waals surface area contributed by atoms with Crippen LogP contribution in [0.3, 0.4) is 0 Å². The van der Waals surface area contributed by atoms with E-state index in [-0.39, 0.29) is 0 Å². The van der Waals surface area contributed by atoms with Gasteiger partial charge < -0.3 is 10.1 Å². The van der Waals surface area contributed by atoms with Crippen LogP contribution >= 0.6 is 0 Å². The Balaban J connectivity index is 1.75. The van der Waals surface area contributed by atoms with Gasteiger partial charge in [-0.15, -0.1) is 0 Å². The van der Waals surface area contributed by atoms with Gasteiger partial charge in [-0.1, -0.05) is 0 Å². The monoisotopic (exact) mass is 279 g/mol. The Hall–Kier alpha value is -1.56. The first-order valence-electron chi connectivity index (χ1n) is 6.45. The largest absolute Gasteiger partial charge is 0.398 e. The number of hydrogen-bond donors (Lipinski definition) is 1. The van der Waals surface area contributed by atoms with Crippen molar-refractivity contribution in [2.45, 2.75) is 19.3 Å². The van der Waals surface area contributed by atoms with Gasteiger partial charge in [0.05, 0.1) is 17.2 Å². The highest BCUT2D eigenvalue weighted by Crippen LogP contribution is 2.23. The molecule has 3 heterocycles. The lowest BCUT2D eigenvalue weighted by Gasteiger charge is -2.20. The first-order valence-corrected chi connectivity index (χ1v) is 8.27. The Morgan fingerprint density at radius 3 is 2.74 bits per heavy atom. The molecule has 102 valence electrons. The second-order valence-electron chi connectivity index (χ2n) is 5.26. The summed E-state index contributed by atoms with van der Waals surface area (Å²) in [6.45, 7) is 0. The van der Waals surface area contributed by atoms with Crippen LogP contribution in [0.15, 0.2) is 24.5 Å². The van der Waals surface area contributed by atoms with Crippen molar-refractivity contribution in [1.29, 1.82) is 0 Å². The van der Waals surface area contributed by atoms with Crippen LogP contribution in [0.2, 0.25) is 0 Å². The number of nitrogens with zero attached hydrogens (tertiary/aromatic N) is 2. The van der Waals surface area contributed by atoms with Crippen LogP contribution in [0.5, 0.6) is 0 Å². The number of nitrogens with two attached hydrogens (primary N) is 1. The van der Waals surface area contributed by atoms with Crippen molar-refractivity contribution in [3.8, 4) is 0 Å². The molecular formula is C13H17N3O2S. The molecule has 0 saturated carbocycles. The highest BCUT2D eigenvalue weighted by molar-refractivity contribution is 7.91. The number of hydrogen-bond acceptors (Lipinski definition) is 4. The molecular weight excluding hydrogens is 262 g/mol. The molecule has 3 rings (SSSR count). The van der Waals surface area contributed by atoms with Crippen LogP contribution in [-0.2, 0) is 16.3 Å². The average Bonchev–Trinajstić information content (AvgIpc) is 2.73. The standard InChI is InChI=1S/C13H17N3O2S/c14-11-1-2-13-15-12(9-16(13)8-11)7-10-3-5-19(17,18)6-4-10/h1-2,8-10H,3-7,14H2. The van der Waals surface area contributed by atoms with Crippen LogP contribution < -0.4 is 5.73 Å². The Morgan fingerprint density at radius 2 is 2.00 bits per heavy atom. The molecule has 0 unspecified atom stereocenters. The van der Waals surface area contributed by atoms with Crippen molar-refractivity contribution >= 4 is 21.2 Å². The lowest BCUT2D eigenvalue weighted by atomic mass is 9.97. The molecule has 2 aromatic heterocycles. The maximum absolute atomic E-state index is 11.4. The van der Waals surface area contributed by atoms with E-state index in [1.807, 2.05) is 28.9 Å². The third-order valence-corrected chi connectivity index (χ3v) is 5.41. The molecule has 2 N–H and O–H groups in total. The summed E-state index contributed by atoms with van der Waals surface area (Å²) in [6.07, 6.45) is 6.17. The van der Waals surface area contributed by atoms with Crippen LogP contribution in [0.4, 0.5) is 5.69 Å². The topological polar surface area (TPSA) is 77.5 Å². The van der Waals surface area contributed by atoms with E-state index in [1.165, 1.54) is 0 Å². The summed E-state index contributed by atoms with van der Waals surface area (Å²) < 4.78 is 24.7. The number of rotatable bonds is 2. The fourth-order valence-electron chi connectivity index (χ4n) is 2.60. The molecule has 1 aliphatic rings. The number of nitrogen functional groups attached to an aromatic ring is 1. The van der Waals surface area contributed by atoms with Gasteiger partial charge in [0.15, 0.2) is 0 Å². The average molecular weight is 279 g/mol. The van der Waals surface area contributed by atoms with Crippen molar-refractivity contribution in [1.82, 2.24) is 9.38 Å². The highest BCUT2D eigenvalue weighted by atomic mass is 32.2. The molecule has 6 heteroatoms. The maximum Gasteiger partial charge on any atom is 0.150 e. The van der Waals surface area contributed by atoms with Gasteiger partial charge in [-0.2, -0.15) is 0 Å². The first kappa shape index (κ1) is 12.5. The Morgan fingerprint density at radius 1 is 1.26 bits per heavy atom. The second kappa shape index (κ2) is 4.52. The van der Waals surface area contributed by atoms with Gasteiger partial charge in [0.1, 0.15) is 15.5 Å². The van der Waals surface area contributed by atoms with E-state index in [0.29, 0.717) is 23.1 Å². The van der Waals surface area contributed by atoms with Gasteiger partial charge in [0.2, 0.25) is 0 Å². The summed E-state index contributed by atoms with van der Waals surface area (Å²) >= 11 is 0. The summed E-state index contributed by atoms with van der Waals surface area (Å²) in [5.74, 6) is 1.06. The Labute approximate surface area is 112 Å². The van der Waals surface area contributed by atoms with Crippen molar-refractivity contribution < 1.29 is 8.42 Å². The van der Waals surface area contributed by atoms with Gasteiger partial charge in [0.25, 0.3) is 0 Å². The van der Waals surface area contributed by atoms with Crippen molar-refractivity contribution in [2.24, 2.45) is 5.92 Å². The Kier molecular flexibility index (Phi) is 2.97. The van der Waals surface area contributed by atoms with E-state index in [0.717, 1.165) is 30.6 Å². The van der Waals surface area contributed by atoms with Crippen LogP contribution in [0, 0.1) is 5.92 Å². The molecule has 0 atom stereocenters. The van der Waals surface area contributed by atoms with E-state index < -0.39 is 9.84 Å². The van der Waals surface area contributed by atoms with Gasteiger partial charge in [-0.3, -0.25) is 0 Å². The maximum atomic E-state index is 11.4. The number of aromatic nitrogens is 2. The second-order valence-corrected chi connectivity index (χ2v) is 7.56. The fourth-order valence-corrected chi connectivity index (χ4v) is 4.19. The molecule has 0 radical (unpaired) electrons. The summed E-state index contributed by atoms with van der Waals surface area (Å²) in [6, 6.07) is 3.73. The quantitative estimate of drug-likeness (QED) is 0.898. The molecule has 1 saturated heterocycles. The lowest BCUT2D eigenvalue weighted by Crippen LogP contribution is -2.24. The SMILES string of the molecule is Nc1ccc2nc(CC3CCS(=O)(=O)CC3)cn2c1. The van der Waals surface area contributed by atoms with E-state index in [9.17, 15) is 8.42 Å². The van der Waals surface area contributed by atoms with Crippen LogP contribution in [0.1, 0.15) is 18.5 Å².